The summed E-state index contributed by atoms with van der Waals surface area (Å²) in [4.78, 5) is 20.3. The third-order valence-corrected chi connectivity index (χ3v) is 6.37. The number of benzene rings is 1. The van der Waals surface area contributed by atoms with Crippen LogP contribution in [0.25, 0.3) is 0 Å². The Hall–Kier alpha value is -1.33. The Morgan fingerprint density at radius 1 is 1.21 bits per heavy atom. The molecule has 126 valence electrons. The Morgan fingerprint density at radius 3 is 2.71 bits per heavy atom. The first-order chi connectivity index (χ1) is 11.6. The van der Waals surface area contributed by atoms with Crippen molar-refractivity contribution in [1.29, 1.82) is 0 Å². The number of amides is 1. The molecule has 0 bridgehead atoms. The molecule has 1 saturated heterocycles. The zero-order valence-corrected chi connectivity index (χ0v) is 16.1. The lowest BCUT2D eigenvalue weighted by molar-refractivity contribution is 0.0691. The Kier molecular flexibility index (Phi) is 5.95. The number of carbonyl (C=O) groups excluding carboxylic acids is 1. The largest absolute Gasteiger partial charge is 0.337 e. The highest BCUT2D eigenvalue weighted by atomic mass is 79.9. The number of hydrogen-bond donors (Lipinski definition) is 0. The highest BCUT2D eigenvalue weighted by molar-refractivity contribution is 9.10. The Balaban J connectivity index is 1.65. The van der Waals surface area contributed by atoms with Gasteiger partial charge in [0.15, 0.2) is 0 Å². The summed E-state index contributed by atoms with van der Waals surface area (Å²) in [5, 5.41) is 0. The quantitative estimate of drug-likeness (QED) is 0.671. The van der Waals surface area contributed by atoms with Gasteiger partial charge in [-0.25, -0.2) is 4.98 Å². The van der Waals surface area contributed by atoms with Gasteiger partial charge in [0.25, 0.3) is 5.91 Å². The van der Waals surface area contributed by atoms with E-state index in [4.69, 9.17) is 0 Å². The summed E-state index contributed by atoms with van der Waals surface area (Å²) in [6.07, 6.45) is 2.17. The van der Waals surface area contributed by atoms with Gasteiger partial charge in [-0.1, -0.05) is 25.1 Å². The molecule has 3 nitrogen and oxygen atoms in total. The molecule has 1 aromatic carbocycles. The van der Waals surface area contributed by atoms with Crippen molar-refractivity contribution in [1.82, 2.24) is 9.88 Å². The smallest absolute Gasteiger partial charge is 0.272 e. The monoisotopic (exact) mass is 404 g/mol. The van der Waals surface area contributed by atoms with E-state index in [0.29, 0.717) is 11.6 Å². The zero-order valence-electron chi connectivity index (χ0n) is 13.7. The van der Waals surface area contributed by atoms with Gasteiger partial charge >= 0.3 is 0 Å². The normalized spacial score (nSPS) is 15.5. The number of piperidine rings is 1. The molecule has 0 radical (unpaired) electrons. The molecule has 0 unspecified atom stereocenters. The fourth-order valence-corrected chi connectivity index (χ4v) is 4.24. The van der Waals surface area contributed by atoms with Gasteiger partial charge in [0.05, 0.1) is 5.69 Å². The summed E-state index contributed by atoms with van der Waals surface area (Å²) in [7, 11) is 0. The first kappa shape index (κ1) is 17.5. The standard InChI is InChI=1S/C19H21BrN2OS/c1-14-9-11-22(12-10-14)19(23)17-7-4-5-15(21-17)13-24-18-8-3-2-6-16(18)20/h2-8,14H,9-13H2,1H3. The van der Waals surface area contributed by atoms with Gasteiger partial charge in [0, 0.05) is 28.2 Å². The number of carbonyl (C=O) groups is 1. The summed E-state index contributed by atoms with van der Waals surface area (Å²) < 4.78 is 1.09. The SMILES string of the molecule is CC1CCN(C(=O)c2cccc(CSc3ccccc3Br)n2)CC1. The van der Waals surface area contributed by atoms with Crippen molar-refractivity contribution in [2.45, 2.75) is 30.4 Å². The average Bonchev–Trinajstić information content (AvgIpc) is 2.61. The van der Waals surface area contributed by atoms with E-state index in [1.54, 1.807) is 11.8 Å². The Bertz CT molecular complexity index is 714. The number of halogens is 1. The average molecular weight is 405 g/mol. The first-order valence-electron chi connectivity index (χ1n) is 8.26. The van der Waals surface area contributed by atoms with E-state index in [9.17, 15) is 4.79 Å². The van der Waals surface area contributed by atoms with Crippen LogP contribution < -0.4 is 0 Å². The van der Waals surface area contributed by atoms with Gasteiger partial charge in [0.1, 0.15) is 5.69 Å². The van der Waals surface area contributed by atoms with Gasteiger partial charge in [-0.2, -0.15) is 0 Å². The molecule has 1 fully saturated rings. The van der Waals surface area contributed by atoms with Crippen molar-refractivity contribution in [2.75, 3.05) is 13.1 Å². The second-order valence-electron chi connectivity index (χ2n) is 6.21. The van der Waals surface area contributed by atoms with Crippen molar-refractivity contribution in [3.8, 4) is 0 Å². The molecule has 2 heterocycles. The fraction of sp³-hybridized carbons (Fsp3) is 0.368. The van der Waals surface area contributed by atoms with Gasteiger partial charge in [-0.3, -0.25) is 4.79 Å². The van der Waals surface area contributed by atoms with Crippen molar-refractivity contribution in [3.05, 3.63) is 58.3 Å². The molecule has 1 aliphatic rings. The second-order valence-corrected chi connectivity index (χ2v) is 8.08. The van der Waals surface area contributed by atoms with Crippen LogP contribution in [0.1, 0.15) is 35.9 Å². The van der Waals surface area contributed by atoms with Crippen LogP contribution in [0.2, 0.25) is 0 Å². The zero-order chi connectivity index (χ0) is 16.9. The minimum absolute atomic E-state index is 0.0645. The van der Waals surface area contributed by atoms with E-state index >= 15 is 0 Å². The number of hydrogen-bond acceptors (Lipinski definition) is 3. The van der Waals surface area contributed by atoms with Crippen LogP contribution in [-0.2, 0) is 5.75 Å². The molecule has 5 heteroatoms. The molecule has 1 aliphatic heterocycles. The summed E-state index contributed by atoms with van der Waals surface area (Å²) in [6.45, 7) is 3.94. The van der Waals surface area contributed by atoms with E-state index in [0.717, 1.165) is 41.9 Å². The van der Waals surface area contributed by atoms with Gasteiger partial charge in [0.2, 0.25) is 0 Å². The van der Waals surface area contributed by atoms with Crippen LogP contribution in [0.15, 0.2) is 51.8 Å². The lowest BCUT2D eigenvalue weighted by atomic mass is 9.99. The van der Waals surface area contributed by atoms with Crippen molar-refractivity contribution in [2.24, 2.45) is 5.92 Å². The number of aromatic nitrogens is 1. The van der Waals surface area contributed by atoms with E-state index in [-0.39, 0.29) is 5.91 Å². The van der Waals surface area contributed by atoms with Crippen LogP contribution in [0.5, 0.6) is 0 Å². The fourth-order valence-electron chi connectivity index (χ4n) is 2.77. The van der Waals surface area contributed by atoms with Crippen LogP contribution in [0.4, 0.5) is 0 Å². The summed E-state index contributed by atoms with van der Waals surface area (Å²) >= 11 is 5.28. The van der Waals surface area contributed by atoms with Crippen molar-refractivity contribution in [3.63, 3.8) is 0 Å². The molecule has 2 aromatic rings. The topological polar surface area (TPSA) is 33.2 Å². The van der Waals surface area contributed by atoms with Crippen LogP contribution in [-0.4, -0.2) is 28.9 Å². The minimum atomic E-state index is 0.0645. The van der Waals surface area contributed by atoms with E-state index in [2.05, 4.69) is 33.9 Å². The molecule has 24 heavy (non-hydrogen) atoms. The number of rotatable bonds is 4. The van der Waals surface area contributed by atoms with Crippen LogP contribution in [0, 0.1) is 5.92 Å². The first-order valence-corrected chi connectivity index (χ1v) is 10.0. The lowest BCUT2D eigenvalue weighted by Gasteiger charge is -2.30. The maximum absolute atomic E-state index is 12.6. The molecule has 0 aliphatic carbocycles. The summed E-state index contributed by atoms with van der Waals surface area (Å²) in [5.74, 6) is 1.53. The molecule has 1 aromatic heterocycles. The maximum Gasteiger partial charge on any atom is 0.272 e. The molecule has 0 N–H and O–H groups in total. The van der Waals surface area contributed by atoms with Crippen LogP contribution in [0.3, 0.4) is 0 Å². The lowest BCUT2D eigenvalue weighted by Crippen LogP contribution is -2.38. The third-order valence-electron chi connectivity index (χ3n) is 4.31. The van der Waals surface area contributed by atoms with Crippen molar-refractivity contribution >= 4 is 33.6 Å². The number of thioether (sulfide) groups is 1. The highest BCUT2D eigenvalue weighted by Gasteiger charge is 2.22. The number of nitrogens with zero attached hydrogens (tertiary/aromatic N) is 2. The predicted molar refractivity (Wildman–Crippen MR) is 102 cm³/mol. The van der Waals surface area contributed by atoms with Gasteiger partial charge in [-0.15, -0.1) is 11.8 Å². The maximum atomic E-state index is 12.6. The highest BCUT2D eigenvalue weighted by Crippen LogP contribution is 2.29. The van der Waals surface area contributed by atoms with Gasteiger partial charge in [-0.05, 0) is 59.0 Å². The predicted octanol–water partition coefficient (Wildman–Crippen LogP) is 5.01. The molecular formula is C19H21BrN2OS. The number of pyridine rings is 1. The third kappa shape index (κ3) is 4.39. The molecule has 1 amide bonds. The molecule has 0 spiro atoms. The Labute approximate surface area is 156 Å². The minimum Gasteiger partial charge on any atom is -0.337 e. The van der Waals surface area contributed by atoms with Crippen LogP contribution >= 0.6 is 27.7 Å². The molecule has 3 rings (SSSR count). The molecule has 0 saturated carbocycles. The van der Waals surface area contributed by atoms with E-state index < -0.39 is 0 Å². The summed E-state index contributed by atoms with van der Waals surface area (Å²) in [6, 6.07) is 13.9. The van der Waals surface area contributed by atoms with E-state index in [1.165, 1.54) is 4.90 Å². The second kappa shape index (κ2) is 8.17. The molecular weight excluding hydrogens is 384 g/mol. The van der Waals surface area contributed by atoms with Crippen molar-refractivity contribution < 1.29 is 4.79 Å². The van der Waals surface area contributed by atoms with E-state index in [1.807, 2.05) is 41.3 Å². The molecule has 0 atom stereocenters. The van der Waals surface area contributed by atoms with Gasteiger partial charge < -0.3 is 4.90 Å². The number of likely N-dealkylation sites (tertiary alicyclic amines) is 1. The Morgan fingerprint density at radius 2 is 1.96 bits per heavy atom. The summed E-state index contributed by atoms with van der Waals surface area (Å²) in [5.41, 5.74) is 1.50.